The minimum atomic E-state index is -0.243. The first kappa shape index (κ1) is 13.5. The van der Waals surface area contributed by atoms with Crippen LogP contribution in [0.2, 0.25) is 0 Å². The molecule has 4 nitrogen and oxygen atoms in total. The van der Waals surface area contributed by atoms with Crippen LogP contribution in [-0.4, -0.2) is 30.3 Å². The number of rotatable bonds is 6. The Labute approximate surface area is 102 Å². The first-order valence-corrected chi connectivity index (χ1v) is 5.77. The Kier molecular flexibility index (Phi) is 5.49. The maximum absolute atomic E-state index is 11.4. The molecule has 0 spiro atoms. The summed E-state index contributed by atoms with van der Waals surface area (Å²) in [5, 5.41) is 11.4. The van der Waals surface area contributed by atoms with Gasteiger partial charge in [-0.25, -0.2) is 0 Å². The van der Waals surface area contributed by atoms with Gasteiger partial charge in [-0.1, -0.05) is 19.1 Å². The third-order valence-electron chi connectivity index (χ3n) is 2.36. The van der Waals surface area contributed by atoms with Gasteiger partial charge in [0.25, 0.3) is 5.91 Å². The third kappa shape index (κ3) is 4.87. The molecule has 1 aromatic rings. The predicted octanol–water partition coefficient (Wildman–Crippen LogP) is 1.12. The minimum Gasteiger partial charge on any atom is -0.484 e. The number of carbonyl (C=O) groups excluding carboxylic acids is 1. The molecule has 0 radical (unpaired) electrons. The third-order valence-corrected chi connectivity index (χ3v) is 2.36. The molecule has 0 fully saturated rings. The fraction of sp³-hybridized carbons (Fsp3) is 0.462. The first-order chi connectivity index (χ1) is 8.15. The molecule has 0 aliphatic heterocycles. The number of aliphatic hydroxyl groups is 1. The Morgan fingerprint density at radius 1 is 1.53 bits per heavy atom. The molecule has 4 heteroatoms. The van der Waals surface area contributed by atoms with E-state index in [1.54, 1.807) is 6.92 Å². The van der Waals surface area contributed by atoms with Crippen LogP contribution >= 0.6 is 0 Å². The second kappa shape index (κ2) is 6.91. The van der Waals surface area contributed by atoms with E-state index in [-0.39, 0.29) is 25.2 Å². The van der Waals surface area contributed by atoms with Crippen LogP contribution in [0.5, 0.6) is 5.75 Å². The summed E-state index contributed by atoms with van der Waals surface area (Å²) in [7, 11) is 0. The molecule has 94 valence electrons. The highest BCUT2D eigenvalue weighted by atomic mass is 16.5. The van der Waals surface area contributed by atoms with Crippen molar-refractivity contribution in [3.8, 4) is 5.75 Å². The minimum absolute atomic E-state index is 0.0303. The van der Waals surface area contributed by atoms with Crippen molar-refractivity contribution in [2.75, 3.05) is 13.2 Å². The van der Waals surface area contributed by atoms with E-state index in [0.29, 0.717) is 5.75 Å². The van der Waals surface area contributed by atoms with Gasteiger partial charge in [0.1, 0.15) is 5.75 Å². The molecule has 0 saturated carbocycles. The molecule has 1 unspecified atom stereocenters. The average molecular weight is 237 g/mol. The Bertz CT molecular complexity index is 365. The van der Waals surface area contributed by atoms with E-state index in [2.05, 4.69) is 12.2 Å². The van der Waals surface area contributed by atoms with Gasteiger partial charge in [0, 0.05) is 6.04 Å². The fourth-order valence-electron chi connectivity index (χ4n) is 1.37. The second-order valence-corrected chi connectivity index (χ2v) is 3.94. The van der Waals surface area contributed by atoms with Crippen molar-refractivity contribution in [2.24, 2.45) is 0 Å². The van der Waals surface area contributed by atoms with Crippen molar-refractivity contribution in [3.63, 3.8) is 0 Å². The van der Waals surface area contributed by atoms with E-state index in [1.807, 2.05) is 24.3 Å². The van der Waals surface area contributed by atoms with Crippen LogP contribution < -0.4 is 10.1 Å². The molecule has 2 N–H and O–H groups in total. The molecular weight excluding hydrogens is 218 g/mol. The monoisotopic (exact) mass is 237 g/mol. The highest BCUT2D eigenvalue weighted by Crippen LogP contribution is 2.13. The van der Waals surface area contributed by atoms with Gasteiger partial charge >= 0.3 is 0 Å². The van der Waals surface area contributed by atoms with Crippen LogP contribution in [0.25, 0.3) is 0 Å². The van der Waals surface area contributed by atoms with E-state index < -0.39 is 0 Å². The number of nitrogens with one attached hydrogen (secondary N) is 1. The number of hydrogen-bond donors (Lipinski definition) is 2. The summed E-state index contributed by atoms with van der Waals surface area (Å²) in [4.78, 5) is 11.4. The topological polar surface area (TPSA) is 58.6 Å². The molecule has 0 bridgehead atoms. The lowest BCUT2D eigenvalue weighted by molar-refractivity contribution is -0.123. The quantitative estimate of drug-likeness (QED) is 0.779. The van der Waals surface area contributed by atoms with Crippen molar-refractivity contribution >= 4 is 5.91 Å². The van der Waals surface area contributed by atoms with Crippen molar-refractivity contribution in [1.82, 2.24) is 5.32 Å². The van der Waals surface area contributed by atoms with E-state index in [4.69, 9.17) is 9.84 Å². The number of benzene rings is 1. The normalized spacial score (nSPS) is 11.9. The summed E-state index contributed by atoms with van der Waals surface area (Å²) in [5.41, 5.74) is 1.17. The highest BCUT2D eigenvalue weighted by Gasteiger charge is 2.06. The van der Waals surface area contributed by atoms with Crippen LogP contribution in [-0.2, 0) is 11.2 Å². The maximum atomic E-state index is 11.4. The molecule has 0 aliphatic carbocycles. The zero-order valence-corrected chi connectivity index (χ0v) is 10.3. The van der Waals surface area contributed by atoms with Crippen LogP contribution in [0.15, 0.2) is 24.3 Å². The van der Waals surface area contributed by atoms with Gasteiger partial charge in [-0.2, -0.15) is 0 Å². The van der Waals surface area contributed by atoms with Crippen molar-refractivity contribution in [3.05, 3.63) is 29.8 Å². The second-order valence-electron chi connectivity index (χ2n) is 3.94. The molecule has 0 aliphatic rings. The number of ether oxygens (including phenoxy) is 1. The lowest BCUT2D eigenvalue weighted by atomic mass is 10.2. The van der Waals surface area contributed by atoms with E-state index >= 15 is 0 Å². The van der Waals surface area contributed by atoms with Crippen molar-refractivity contribution < 1.29 is 14.6 Å². The van der Waals surface area contributed by atoms with Crippen molar-refractivity contribution in [1.29, 1.82) is 0 Å². The lowest BCUT2D eigenvalue weighted by Crippen LogP contribution is -2.38. The van der Waals surface area contributed by atoms with Crippen LogP contribution in [0.1, 0.15) is 19.4 Å². The fourth-order valence-corrected chi connectivity index (χ4v) is 1.37. The number of aliphatic hydroxyl groups excluding tert-OH is 1. The summed E-state index contributed by atoms with van der Waals surface area (Å²) < 4.78 is 5.36. The maximum Gasteiger partial charge on any atom is 0.258 e. The molecular formula is C13H19NO3. The summed E-state index contributed by atoms with van der Waals surface area (Å²) in [5.74, 6) is 0.463. The van der Waals surface area contributed by atoms with Crippen LogP contribution in [0, 0.1) is 0 Å². The summed E-state index contributed by atoms with van der Waals surface area (Å²) in [6.45, 7) is 3.69. The Balaban J connectivity index is 2.41. The van der Waals surface area contributed by atoms with Gasteiger partial charge in [0.05, 0.1) is 6.61 Å². The molecule has 0 aromatic heterocycles. The summed E-state index contributed by atoms with van der Waals surface area (Å²) in [6.07, 6.45) is 0.935. The lowest BCUT2D eigenvalue weighted by Gasteiger charge is -2.11. The standard InChI is InChI=1S/C13H19NO3/c1-3-11-5-4-6-12(7-11)17-9-13(16)14-10(2)8-15/h4-7,10,15H,3,8-9H2,1-2H3,(H,14,16). The Morgan fingerprint density at radius 2 is 2.29 bits per heavy atom. The summed E-state index contributed by atoms with van der Waals surface area (Å²) in [6, 6.07) is 7.42. The van der Waals surface area contributed by atoms with Crippen molar-refractivity contribution in [2.45, 2.75) is 26.3 Å². The van der Waals surface area contributed by atoms with E-state index in [0.717, 1.165) is 6.42 Å². The van der Waals surface area contributed by atoms with Gasteiger partial charge in [-0.05, 0) is 31.0 Å². The highest BCUT2D eigenvalue weighted by molar-refractivity contribution is 5.77. The largest absolute Gasteiger partial charge is 0.484 e. The number of amides is 1. The van der Waals surface area contributed by atoms with Crippen LogP contribution in [0.3, 0.4) is 0 Å². The van der Waals surface area contributed by atoms with Crippen LogP contribution in [0.4, 0.5) is 0 Å². The molecule has 1 aromatic carbocycles. The Hall–Kier alpha value is -1.55. The SMILES string of the molecule is CCc1cccc(OCC(=O)NC(C)CO)c1. The van der Waals surface area contributed by atoms with Gasteiger partial charge in [0.15, 0.2) is 6.61 Å². The summed E-state index contributed by atoms with van der Waals surface area (Å²) >= 11 is 0. The smallest absolute Gasteiger partial charge is 0.258 e. The van der Waals surface area contributed by atoms with Gasteiger partial charge < -0.3 is 15.2 Å². The Morgan fingerprint density at radius 3 is 2.94 bits per heavy atom. The molecule has 0 saturated heterocycles. The van der Waals surface area contributed by atoms with E-state index in [1.165, 1.54) is 5.56 Å². The molecule has 0 heterocycles. The molecule has 1 rings (SSSR count). The average Bonchev–Trinajstić information content (AvgIpc) is 2.36. The molecule has 1 atom stereocenters. The zero-order chi connectivity index (χ0) is 12.7. The molecule has 17 heavy (non-hydrogen) atoms. The number of carbonyl (C=O) groups is 1. The molecule has 1 amide bonds. The van der Waals surface area contributed by atoms with Gasteiger partial charge in [-0.3, -0.25) is 4.79 Å². The number of hydrogen-bond acceptors (Lipinski definition) is 3. The zero-order valence-electron chi connectivity index (χ0n) is 10.3. The van der Waals surface area contributed by atoms with E-state index in [9.17, 15) is 4.79 Å². The van der Waals surface area contributed by atoms with Gasteiger partial charge in [-0.15, -0.1) is 0 Å². The predicted molar refractivity (Wildman–Crippen MR) is 66.0 cm³/mol. The van der Waals surface area contributed by atoms with Gasteiger partial charge in [0.2, 0.25) is 0 Å². The first-order valence-electron chi connectivity index (χ1n) is 5.77. The number of aryl methyl sites for hydroxylation is 1.